The van der Waals surface area contributed by atoms with Crippen molar-refractivity contribution in [1.82, 2.24) is 14.7 Å². The van der Waals surface area contributed by atoms with Crippen LogP contribution in [0, 0.1) is 0 Å². The summed E-state index contributed by atoms with van der Waals surface area (Å²) >= 11 is 0. The van der Waals surface area contributed by atoms with Crippen LogP contribution in [0.2, 0.25) is 0 Å². The molecular formula is C15H28N4O. The summed E-state index contributed by atoms with van der Waals surface area (Å²) in [5.41, 5.74) is 8.49. The summed E-state index contributed by atoms with van der Waals surface area (Å²) < 4.78 is 7.41. The van der Waals surface area contributed by atoms with Gasteiger partial charge in [0.25, 0.3) is 0 Å². The van der Waals surface area contributed by atoms with Crippen molar-refractivity contribution in [2.75, 3.05) is 26.8 Å². The quantitative estimate of drug-likeness (QED) is 0.906. The predicted octanol–water partition coefficient (Wildman–Crippen LogP) is 1.44. The molecule has 2 heterocycles. The SMILES string of the molecule is CN(C1CCOC1)C(CN)c1cn(C)nc1C(C)(C)C. The first-order valence-corrected chi connectivity index (χ1v) is 7.38. The molecule has 2 rings (SSSR count). The third-order valence-electron chi connectivity index (χ3n) is 4.12. The fourth-order valence-electron chi connectivity index (χ4n) is 2.94. The molecule has 0 radical (unpaired) electrons. The minimum atomic E-state index is 0.0248. The Morgan fingerprint density at radius 2 is 2.25 bits per heavy atom. The van der Waals surface area contributed by atoms with Gasteiger partial charge in [0, 0.05) is 43.4 Å². The zero-order valence-electron chi connectivity index (χ0n) is 13.4. The summed E-state index contributed by atoms with van der Waals surface area (Å²) in [6.07, 6.45) is 3.20. The number of ether oxygens (including phenoxy) is 1. The maximum absolute atomic E-state index is 6.08. The molecule has 0 bridgehead atoms. The molecule has 1 aromatic heterocycles. The van der Waals surface area contributed by atoms with Crippen molar-refractivity contribution < 1.29 is 4.74 Å². The number of hydrogen-bond acceptors (Lipinski definition) is 4. The van der Waals surface area contributed by atoms with Gasteiger partial charge in [-0.05, 0) is 13.5 Å². The van der Waals surface area contributed by atoms with Gasteiger partial charge < -0.3 is 10.5 Å². The third-order valence-corrected chi connectivity index (χ3v) is 4.12. The van der Waals surface area contributed by atoms with Gasteiger partial charge in [-0.3, -0.25) is 9.58 Å². The molecule has 20 heavy (non-hydrogen) atoms. The van der Waals surface area contributed by atoms with E-state index in [2.05, 4.69) is 44.0 Å². The Morgan fingerprint density at radius 3 is 2.75 bits per heavy atom. The molecule has 2 atom stereocenters. The first-order valence-electron chi connectivity index (χ1n) is 7.38. The molecule has 2 N–H and O–H groups in total. The number of nitrogens with zero attached hydrogens (tertiary/aromatic N) is 3. The molecule has 0 spiro atoms. The first kappa shape index (κ1) is 15.5. The first-order chi connectivity index (χ1) is 9.34. The highest BCUT2D eigenvalue weighted by Crippen LogP contribution is 2.32. The van der Waals surface area contributed by atoms with Gasteiger partial charge >= 0.3 is 0 Å². The summed E-state index contributed by atoms with van der Waals surface area (Å²) in [5.74, 6) is 0. The van der Waals surface area contributed by atoms with E-state index in [0.29, 0.717) is 12.6 Å². The topological polar surface area (TPSA) is 56.3 Å². The van der Waals surface area contributed by atoms with Gasteiger partial charge in [-0.1, -0.05) is 20.8 Å². The summed E-state index contributed by atoms with van der Waals surface area (Å²) in [7, 11) is 4.13. The van der Waals surface area contributed by atoms with Crippen LogP contribution < -0.4 is 5.73 Å². The maximum Gasteiger partial charge on any atom is 0.0726 e. The highest BCUT2D eigenvalue weighted by Gasteiger charge is 2.32. The highest BCUT2D eigenvalue weighted by molar-refractivity contribution is 5.28. The van der Waals surface area contributed by atoms with Crippen molar-refractivity contribution in [1.29, 1.82) is 0 Å². The van der Waals surface area contributed by atoms with Crippen LogP contribution in [0.15, 0.2) is 6.20 Å². The zero-order valence-corrected chi connectivity index (χ0v) is 13.4. The van der Waals surface area contributed by atoms with E-state index >= 15 is 0 Å². The largest absolute Gasteiger partial charge is 0.380 e. The summed E-state index contributed by atoms with van der Waals surface area (Å²) in [6.45, 7) is 8.85. The van der Waals surface area contributed by atoms with Crippen LogP contribution in [-0.4, -0.2) is 47.5 Å². The van der Waals surface area contributed by atoms with E-state index in [9.17, 15) is 0 Å². The van der Waals surface area contributed by atoms with Crippen LogP contribution in [0.25, 0.3) is 0 Å². The van der Waals surface area contributed by atoms with Crippen LogP contribution in [0.3, 0.4) is 0 Å². The number of likely N-dealkylation sites (N-methyl/N-ethyl adjacent to an activating group) is 1. The molecule has 0 saturated carbocycles. The molecule has 1 aliphatic rings. The van der Waals surface area contributed by atoms with Crippen LogP contribution in [0.4, 0.5) is 0 Å². The lowest BCUT2D eigenvalue weighted by molar-refractivity contribution is 0.134. The second-order valence-corrected chi connectivity index (χ2v) is 6.79. The monoisotopic (exact) mass is 280 g/mol. The van der Waals surface area contributed by atoms with Crippen molar-refractivity contribution in [2.45, 2.75) is 44.7 Å². The van der Waals surface area contributed by atoms with Gasteiger partial charge in [0.05, 0.1) is 18.3 Å². The van der Waals surface area contributed by atoms with Crippen LogP contribution in [0.1, 0.15) is 44.5 Å². The van der Waals surface area contributed by atoms with Crippen molar-refractivity contribution in [2.24, 2.45) is 12.8 Å². The molecule has 1 fully saturated rings. The van der Waals surface area contributed by atoms with E-state index in [4.69, 9.17) is 10.5 Å². The number of aryl methyl sites for hydroxylation is 1. The summed E-state index contributed by atoms with van der Waals surface area (Å²) in [6, 6.07) is 0.654. The Hall–Kier alpha value is -0.910. The standard InChI is InChI=1S/C15H28N4O/c1-15(2,3)14-12(9-18(4)17-14)13(8-16)19(5)11-6-7-20-10-11/h9,11,13H,6-8,10,16H2,1-5H3. The van der Waals surface area contributed by atoms with E-state index in [1.54, 1.807) is 0 Å². The van der Waals surface area contributed by atoms with Crippen LogP contribution >= 0.6 is 0 Å². The van der Waals surface area contributed by atoms with E-state index in [-0.39, 0.29) is 11.5 Å². The average Bonchev–Trinajstić information content (AvgIpc) is 2.98. The second-order valence-electron chi connectivity index (χ2n) is 6.79. The van der Waals surface area contributed by atoms with E-state index < -0.39 is 0 Å². The maximum atomic E-state index is 6.08. The zero-order chi connectivity index (χ0) is 14.9. The molecule has 1 saturated heterocycles. The normalized spacial score (nSPS) is 21.6. The van der Waals surface area contributed by atoms with Gasteiger partial charge in [0.1, 0.15) is 0 Å². The second kappa shape index (κ2) is 5.84. The number of rotatable bonds is 4. The Balaban J connectivity index is 2.31. The van der Waals surface area contributed by atoms with E-state index in [0.717, 1.165) is 25.3 Å². The molecule has 5 nitrogen and oxygen atoms in total. The molecule has 5 heteroatoms. The fourth-order valence-corrected chi connectivity index (χ4v) is 2.94. The molecule has 1 aromatic rings. The Labute approximate surface area is 122 Å². The number of nitrogens with two attached hydrogens (primary N) is 1. The minimum Gasteiger partial charge on any atom is -0.380 e. The van der Waals surface area contributed by atoms with Gasteiger partial charge in [-0.25, -0.2) is 0 Å². The van der Waals surface area contributed by atoms with Crippen molar-refractivity contribution >= 4 is 0 Å². The van der Waals surface area contributed by atoms with Gasteiger partial charge in [-0.2, -0.15) is 5.10 Å². The number of hydrogen-bond donors (Lipinski definition) is 1. The lowest BCUT2D eigenvalue weighted by atomic mass is 9.87. The highest BCUT2D eigenvalue weighted by atomic mass is 16.5. The van der Waals surface area contributed by atoms with Crippen LogP contribution in [-0.2, 0) is 17.2 Å². The molecule has 2 unspecified atom stereocenters. The van der Waals surface area contributed by atoms with E-state index in [1.165, 1.54) is 5.56 Å². The Kier molecular flexibility index (Phi) is 4.52. The molecule has 0 amide bonds. The smallest absolute Gasteiger partial charge is 0.0726 e. The van der Waals surface area contributed by atoms with E-state index in [1.807, 2.05) is 11.7 Å². The Bertz CT molecular complexity index is 443. The minimum absolute atomic E-state index is 0.0248. The van der Waals surface area contributed by atoms with Gasteiger partial charge in [0.15, 0.2) is 0 Å². The number of aromatic nitrogens is 2. The van der Waals surface area contributed by atoms with Gasteiger partial charge in [-0.15, -0.1) is 0 Å². The summed E-state index contributed by atoms with van der Waals surface area (Å²) in [4.78, 5) is 2.36. The van der Waals surface area contributed by atoms with Gasteiger partial charge in [0.2, 0.25) is 0 Å². The van der Waals surface area contributed by atoms with Crippen molar-refractivity contribution in [3.63, 3.8) is 0 Å². The lowest BCUT2D eigenvalue weighted by Crippen LogP contribution is -2.39. The third kappa shape index (κ3) is 3.05. The molecular weight excluding hydrogens is 252 g/mol. The molecule has 0 aliphatic carbocycles. The summed E-state index contributed by atoms with van der Waals surface area (Å²) in [5, 5.41) is 4.66. The van der Waals surface area contributed by atoms with Crippen molar-refractivity contribution in [3.05, 3.63) is 17.5 Å². The average molecular weight is 280 g/mol. The molecule has 114 valence electrons. The fraction of sp³-hybridized carbons (Fsp3) is 0.800. The Morgan fingerprint density at radius 1 is 1.55 bits per heavy atom. The van der Waals surface area contributed by atoms with Crippen LogP contribution in [0.5, 0.6) is 0 Å². The lowest BCUT2D eigenvalue weighted by Gasteiger charge is -2.33. The molecule has 0 aromatic carbocycles. The van der Waals surface area contributed by atoms with Crippen molar-refractivity contribution in [3.8, 4) is 0 Å². The molecule has 1 aliphatic heterocycles. The predicted molar refractivity (Wildman–Crippen MR) is 80.7 cm³/mol.